The molecule has 6 rings (SSSR count). The number of halogens is 2. The number of hydrogen-bond acceptors (Lipinski definition) is 2. The standard InChI is InChI=1S/C33H26N2.2BrH.Ni/c1-21-19-22(2)31(23(3)20-21)35-33-28-17-10-14-25-13-9-16-27(30(25)28)32(33)34-29-18-8-7-15-26(29)24-11-5-4-6-12-24;;;/h4-20H,1-3H3;2*1H;/q;;;+2/p-2. The third-order valence-electron chi connectivity index (χ3n) is 6.72. The Labute approximate surface area is 244 Å². The average Bonchev–Trinajstić information content (AvgIpc) is 3.21. The predicted octanol–water partition coefficient (Wildman–Crippen LogP) is 10.4. The van der Waals surface area contributed by atoms with E-state index in [0.717, 1.165) is 45.1 Å². The fraction of sp³-hybridized carbons (Fsp3) is 0.0909. The molecule has 192 valence electrons. The minimum atomic E-state index is 0.930. The Morgan fingerprint density at radius 2 is 1.11 bits per heavy atom. The molecule has 0 aromatic heterocycles. The third kappa shape index (κ3) is 5.34. The summed E-state index contributed by atoms with van der Waals surface area (Å²) in [7, 11) is 1.25. The number of aryl methyl sites for hydroxylation is 3. The normalized spacial score (nSPS) is 14.2. The number of rotatable bonds is 3. The van der Waals surface area contributed by atoms with Crippen molar-refractivity contribution >= 4 is 62.0 Å². The first-order valence-electron chi connectivity index (χ1n) is 12.3. The van der Waals surface area contributed by atoms with Gasteiger partial charge in [0.2, 0.25) is 0 Å². The van der Waals surface area contributed by atoms with E-state index >= 15 is 0 Å². The van der Waals surface area contributed by atoms with E-state index in [4.69, 9.17) is 9.98 Å². The van der Waals surface area contributed by atoms with Gasteiger partial charge in [-0.15, -0.1) is 0 Å². The van der Waals surface area contributed by atoms with Gasteiger partial charge in [-0.05, 0) is 48.9 Å². The number of hydrogen-bond donors (Lipinski definition) is 0. The Morgan fingerprint density at radius 1 is 0.579 bits per heavy atom. The maximum atomic E-state index is 5.31. The summed E-state index contributed by atoms with van der Waals surface area (Å²) in [5.41, 5.74) is 12.0. The van der Waals surface area contributed by atoms with Crippen molar-refractivity contribution < 1.29 is 10.9 Å². The summed E-state index contributed by atoms with van der Waals surface area (Å²) in [4.78, 5) is 10.6. The van der Waals surface area contributed by atoms with Crippen LogP contribution in [0.1, 0.15) is 27.8 Å². The van der Waals surface area contributed by atoms with Gasteiger partial charge in [-0.25, -0.2) is 9.98 Å². The van der Waals surface area contributed by atoms with Crippen molar-refractivity contribution in [1.82, 2.24) is 0 Å². The molecule has 0 bridgehead atoms. The summed E-state index contributed by atoms with van der Waals surface area (Å²) in [6.45, 7) is 6.42. The molecule has 0 saturated heterocycles. The van der Waals surface area contributed by atoms with Crippen LogP contribution in [0, 0.1) is 20.8 Å². The van der Waals surface area contributed by atoms with Gasteiger partial charge in [0.1, 0.15) is 0 Å². The van der Waals surface area contributed by atoms with Crippen molar-refractivity contribution in [2.75, 3.05) is 0 Å². The Hall–Kier alpha value is -2.85. The topological polar surface area (TPSA) is 24.7 Å². The zero-order valence-corrected chi connectivity index (χ0v) is 25.4. The Morgan fingerprint density at radius 3 is 1.74 bits per heavy atom. The molecule has 38 heavy (non-hydrogen) atoms. The van der Waals surface area contributed by atoms with Crippen LogP contribution in [-0.2, 0) is 10.9 Å². The average molecular weight is 669 g/mol. The van der Waals surface area contributed by atoms with E-state index in [2.05, 4.69) is 146 Å². The molecular formula is C33H26Br2N2Ni. The van der Waals surface area contributed by atoms with E-state index in [1.54, 1.807) is 0 Å². The van der Waals surface area contributed by atoms with E-state index in [1.807, 2.05) is 6.07 Å². The Balaban J connectivity index is 0.000000937. The summed E-state index contributed by atoms with van der Waals surface area (Å²) in [5.74, 6) is 0. The molecule has 0 N–H and O–H groups in total. The molecule has 0 heterocycles. The number of nitrogens with zero attached hydrogens (tertiary/aromatic N) is 2. The van der Waals surface area contributed by atoms with E-state index in [1.165, 1.54) is 38.4 Å². The van der Waals surface area contributed by atoms with Gasteiger partial charge in [-0.1, -0.05) is 103 Å². The molecule has 0 spiro atoms. The molecule has 0 fully saturated rings. The molecule has 0 saturated carbocycles. The first-order chi connectivity index (χ1) is 18.5. The van der Waals surface area contributed by atoms with Crippen molar-refractivity contribution in [3.63, 3.8) is 0 Å². The zero-order valence-electron chi connectivity index (χ0n) is 21.3. The van der Waals surface area contributed by atoms with Gasteiger partial charge in [-0.3, -0.25) is 0 Å². The third-order valence-corrected chi connectivity index (χ3v) is 6.72. The van der Waals surface area contributed by atoms with Crippen LogP contribution in [0.2, 0.25) is 0 Å². The summed E-state index contributed by atoms with van der Waals surface area (Å²) in [6, 6.07) is 36.2. The minimum absolute atomic E-state index is 0.930. The van der Waals surface area contributed by atoms with Gasteiger partial charge in [-0.2, -0.15) is 0 Å². The van der Waals surface area contributed by atoms with Gasteiger partial charge in [0, 0.05) is 22.1 Å². The van der Waals surface area contributed by atoms with Gasteiger partial charge >= 0.3 is 39.3 Å². The SMILES string of the molecule is Cc1cc(C)c(N=C2C(=Nc3ccccc3-c3ccccc3)c3cccc4cccc2c34)c(C)c1.[Br][Ni][Br]. The maximum absolute atomic E-state index is 5.31. The van der Waals surface area contributed by atoms with Crippen LogP contribution < -0.4 is 0 Å². The quantitative estimate of drug-likeness (QED) is 0.171. The van der Waals surface area contributed by atoms with E-state index in [0.29, 0.717) is 0 Å². The molecule has 0 aliphatic heterocycles. The second-order valence-corrected chi connectivity index (χ2v) is 14.3. The molecule has 5 aromatic rings. The number of aliphatic imine (C=N–C) groups is 2. The van der Waals surface area contributed by atoms with Crippen molar-refractivity contribution in [3.8, 4) is 11.1 Å². The zero-order chi connectivity index (χ0) is 26.6. The second kappa shape index (κ2) is 11.9. The summed E-state index contributed by atoms with van der Waals surface area (Å²) in [5, 5.41) is 2.44. The molecule has 5 heteroatoms. The van der Waals surface area contributed by atoms with Gasteiger partial charge in [0.05, 0.1) is 22.8 Å². The molecule has 5 aromatic carbocycles. The first-order valence-corrected chi connectivity index (χ1v) is 17.1. The molecule has 0 atom stereocenters. The molecule has 1 aliphatic rings. The molecule has 1 aliphatic carbocycles. The molecular weight excluding hydrogens is 643 g/mol. The van der Waals surface area contributed by atoms with Gasteiger partial charge in [0.25, 0.3) is 0 Å². The molecule has 0 radical (unpaired) electrons. The summed E-state index contributed by atoms with van der Waals surface area (Å²) >= 11 is 6.00. The van der Waals surface area contributed by atoms with Crippen LogP contribution in [0.4, 0.5) is 11.4 Å². The van der Waals surface area contributed by atoms with E-state index in [9.17, 15) is 0 Å². The van der Waals surface area contributed by atoms with Crippen LogP contribution in [-0.4, -0.2) is 11.4 Å². The van der Waals surface area contributed by atoms with Gasteiger partial charge in [0.15, 0.2) is 0 Å². The van der Waals surface area contributed by atoms with Crippen LogP contribution in [0.3, 0.4) is 0 Å². The molecule has 0 amide bonds. The van der Waals surface area contributed by atoms with Gasteiger partial charge < -0.3 is 0 Å². The van der Waals surface area contributed by atoms with Crippen molar-refractivity contribution in [2.24, 2.45) is 9.98 Å². The van der Waals surface area contributed by atoms with Crippen LogP contribution in [0.5, 0.6) is 0 Å². The van der Waals surface area contributed by atoms with Crippen molar-refractivity contribution in [3.05, 3.63) is 131 Å². The molecule has 0 unspecified atom stereocenters. The summed E-state index contributed by atoms with van der Waals surface area (Å²) in [6.07, 6.45) is 0. The monoisotopic (exact) mass is 666 g/mol. The fourth-order valence-corrected chi connectivity index (χ4v) is 5.23. The Kier molecular flexibility index (Phi) is 8.38. The van der Waals surface area contributed by atoms with Crippen molar-refractivity contribution in [1.29, 1.82) is 0 Å². The van der Waals surface area contributed by atoms with Crippen LogP contribution in [0.25, 0.3) is 21.9 Å². The summed E-state index contributed by atoms with van der Waals surface area (Å²) < 4.78 is 0. The predicted molar refractivity (Wildman–Crippen MR) is 167 cm³/mol. The second-order valence-electron chi connectivity index (χ2n) is 9.31. The van der Waals surface area contributed by atoms with Crippen LogP contribution >= 0.6 is 28.5 Å². The van der Waals surface area contributed by atoms with Crippen molar-refractivity contribution in [2.45, 2.75) is 20.8 Å². The Bertz CT molecular complexity index is 1660. The molecule has 2 nitrogen and oxygen atoms in total. The fourth-order valence-electron chi connectivity index (χ4n) is 5.23. The van der Waals surface area contributed by atoms with E-state index in [-0.39, 0.29) is 0 Å². The number of benzene rings is 5. The van der Waals surface area contributed by atoms with E-state index < -0.39 is 0 Å². The first kappa shape index (κ1) is 26.7. The van der Waals surface area contributed by atoms with Crippen LogP contribution in [0.15, 0.2) is 113 Å². The number of para-hydroxylation sites is 1.